The second kappa shape index (κ2) is 7.97. The number of carboxylic acids is 1. The molecule has 0 spiro atoms. The fraction of sp³-hybridized carbons (Fsp3) is 0.556. The van der Waals surface area contributed by atoms with Crippen molar-refractivity contribution in [1.82, 2.24) is 0 Å². The van der Waals surface area contributed by atoms with Crippen molar-refractivity contribution in [1.29, 1.82) is 0 Å². The Balaban J connectivity index is 2.99. The van der Waals surface area contributed by atoms with Crippen LogP contribution in [0.3, 0.4) is 0 Å². The molecule has 4 heteroatoms. The summed E-state index contributed by atoms with van der Waals surface area (Å²) >= 11 is 0. The number of rotatable bonds is 8. The topological polar surface area (TPSA) is 63.6 Å². The first-order valence-electron chi connectivity index (χ1n) is 7.78. The summed E-state index contributed by atoms with van der Waals surface area (Å²) in [6.45, 7) is 8.84. The summed E-state index contributed by atoms with van der Waals surface area (Å²) in [5.41, 5.74) is 1.57. The van der Waals surface area contributed by atoms with E-state index in [9.17, 15) is 9.59 Å². The Morgan fingerprint density at radius 1 is 1.18 bits per heavy atom. The SMILES string of the molecule is CCCOc1ccc(C(C)(C)C)cc1C(=O)CCCC(=O)O. The molecule has 0 heterocycles. The number of aliphatic carboxylic acids is 1. The molecule has 0 fully saturated rings. The van der Waals surface area contributed by atoms with Crippen LogP contribution in [0.25, 0.3) is 0 Å². The lowest BCUT2D eigenvalue weighted by molar-refractivity contribution is -0.137. The molecule has 1 aromatic carbocycles. The fourth-order valence-corrected chi connectivity index (χ4v) is 2.09. The van der Waals surface area contributed by atoms with E-state index < -0.39 is 5.97 Å². The van der Waals surface area contributed by atoms with E-state index in [1.807, 2.05) is 25.1 Å². The van der Waals surface area contributed by atoms with Gasteiger partial charge in [0.1, 0.15) is 5.75 Å². The first kappa shape index (κ1) is 18.2. The highest BCUT2D eigenvalue weighted by molar-refractivity contribution is 5.99. The van der Waals surface area contributed by atoms with Crippen LogP contribution < -0.4 is 4.74 Å². The molecule has 0 aliphatic rings. The zero-order chi connectivity index (χ0) is 16.8. The van der Waals surface area contributed by atoms with E-state index in [0.717, 1.165) is 12.0 Å². The van der Waals surface area contributed by atoms with Crippen LogP contribution in [0.2, 0.25) is 0 Å². The summed E-state index contributed by atoms with van der Waals surface area (Å²) in [7, 11) is 0. The van der Waals surface area contributed by atoms with Crippen LogP contribution in [-0.2, 0) is 10.2 Å². The van der Waals surface area contributed by atoms with Gasteiger partial charge in [-0.3, -0.25) is 9.59 Å². The monoisotopic (exact) mass is 306 g/mol. The molecule has 4 nitrogen and oxygen atoms in total. The molecule has 0 saturated heterocycles. The number of ketones is 1. The Morgan fingerprint density at radius 2 is 1.86 bits per heavy atom. The van der Waals surface area contributed by atoms with Crippen molar-refractivity contribution in [3.8, 4) is 5.75 Å². The van der Waals surface area contributed by atoms with Gasteiger partial charge >= 0.3 is 5.97 Å². The van der Waals surface area contributed by atoms with Crippen molar-refractivity contribution in [3.05, 3.63) is 29.3 Å². The molecular formula is C18H26O4. The molecule has 0 atom stereocenters. The number of carboxylic acid groups (broad SMARTS) is 1. The third kappa shape index (κ3) is 5.51. The Morgan fingerprint density at radius 3 is 2.41 bits per heavy atom. The summed E-state index contributed by atoms with van der Waals surface area (Å²) in [6, 6.07) is 5.72. The third-order valence-corrected chi connectivity index (χ3v) is 3.40. The summed E-state index contributed by atoms with van der Waals surface area (Å²) in [6.07, 6.45) is 1.45. The van der Waals surface area contributed by atoms with E-state index in [2.05, 4.69) is 20.8 Å². The van der Waals surface area contributed by atoms with Gasteiger partial charge in [0.15, 0.2) is 5.78 Å². The average Bonchev–Trinajstić information content (AvgIpc) is 2.43. The van der Waals surface area contributed by atoms with Gasteiger partial charge in [-0.2, -0.15) is 0 Å². The molecular weight excluding hydrogens is 280 g/mol. The maximum absolute atomic E-state index is 12.4. The number of hydrogen-bond acceptors (Lipinski definition) is 3. The van der Waals surface area contributed by atoms with Crippen LogP contribution in [0.1, 0.15) is 69.3 Å². The zero-order valence-electron chi connectivity index (χ0n) is 13.9. The van der Waals surface area contributed by atoms with Gasteiger partial charge in [0.2, 0.25) is 0 Å². The molecule has 0 bridgehead atoms. The molecule has 0 radical (unpaired) electrons. The van der Waals surface area contributed by atoms with Crippen LogP contribution in [0.4, 0.5) is 0 Å². The van der Waals surface area contributed by atoms with Crippen molar-refractivity contribution >= 4 is 11.8 Å². The van der Waals surface area contributed by atoms with E-state index >= 15 is 0 Å². The predicted molar refractivity (Wildman–Crippen MR) is 86.7 cm³/mol. The Kier molecular flexibility index (Phi) is 6.60. The van der Waals surface area contributed by atoms with Crippen LogP contribution in [0.15, 0.2) is 18.2 Å². The van der Waals surface area contributed by atoms with Gasteiger partial charge in [-0.05, 0) is 36.0 Å². The summed E-state index contributed by atoms with van der Waals surface area (Å²) in [4.78, 5) is 23.0. The molecule has 0 aliphatic carbocycles. The predicted octanol–water partition coefficient (Wildman–Crippen LogP) is 4.21. The first-order valence-corrected chi connectivity index (χ1v) is 7.78. The van der Waals surface area contributed by atoms with E-state index in [1.165, 1.54) is 0 Å². The third-order valence-electron chi connectivity index (χ3n) is 3.40. The van der Waals surface area contributed by atoms with Crippen molar-refractivity contribution in [2.24, 2.45) is 0 Å². The van der Waals surface area contributed by atoms with E-state index in [-0.39, 0.29) is 24.0 Å². The Labute approximate surface area is 132 Å². The molecule has 0 amide bonds. The highest BCUT2D eigenvalue weighted by Gasteiger charge is 2.19. The lowest BCUT2D eigenvalue weighted by atomic mass is 9.85. The van der Waals surface area contributed by atoms with Gasteiger partial charge in [-0.15, -0.1) is 0 Å². The van der Waals surface area contributed by atoms with E-state index in [4.69, 9.17) is 9.84 Å². The Bertz CT molecular complexity index is 526. The molecule has 0 saturated carbocycles. The molecule has 0 unspecified atom stereocenters. The van der Waals surface area contributed by atoms with Gasteiger partial charge < -0.3 is 9.84 Å². The summed E-state index contributed by atoms with van der Waals surface area (Å²) in [5, 5.41) is 8.68. The van der Waals surface area contributed by atoms with Gasteiger partial charge in [-0.1, -0.05) is 33.8 Å². The smallest absolute Gasteiger partial charge is 0.303 e. The lowest BCUT2D eigenvalue weighted by Crippen LogP contribution is -2.14. The minimum absolute atomic E-state index is 0.00977. The molecule has 0 aromatic heterocycles. The normalized spacial score (nSPS) is 11.3. The quantitative estimate of drug-likeness (QED) is 0.731. The maximum atomic E-state index is 12.4. The molecule has 1 N–H and O–H groups in total. The number of Topliss-reactive ketones (excluding diaryl/α,β-unsaturated/α-hetero) is 1. The standard InChI is InChI=1S/C18H26O4/c1-5-11-22-16-10-9-13(18(2,3)4)12-14(16)15(19)7-6-8-17(20)21/h9-10,12H,5-8,11H2,1-4H3,(H,20,21). The van der Waals surface area contributed by atoms with Crippen molar-refractivity contribution in [2.45, 2.75) is 58.8 Å². The molecule has 122 valence electrons. The second-order valence-electron chi connectivity index (χ2n) is 6.48. The van der Waals surface area contributed by atoms with Crippen LogP contribution in [-0.4, -0.2) is 23.5 Å². The molecule has 22 heavy (non-hydrogen) atoms. The molecule has 0 aliphatic heterocycles. The van der Waals surface area contributed by atoms with Crippen LogP contribution in [0.5, 0.6) is 5.75 Å². The molecule has 1 aromatic rings. The number of carbonyl (C=O) groups excluding carboxylic acids is 1. The molecule has 1 rings (SSSR count). The minimum Gasteiger partial charge on any atom is -0.493 e. The largest absolute Gasteiger partial charge is 0.493 e. The van der Waals surface area contributed by atoms with Crippen molar-refractivity contribution < 1.29 is 19.4 Å². The van der Waals surface area contributed by atoms with Gasteiger partial charge in [0.25, 0.3) is 0 Å². The number of hydrogen-bond donors (Lipinski definition) is 1. The van der Waals surface area contributed by atoms with E-state index in [0.29, 0.717) is 24.3 Å². The van der Waals surface area contributed by atoms with Gasteiger partial charge in [0, 0.05) is 12.8 Å². The van der Waals surface area contributed by atoms with Crippen molar-refractivity contribution in [3.63, 3.8) is 0 Å². The fourth-order valence-electron chi connectivity index (χ4n) is 2.09. The minimum atomic E-state index is -0.876. The Hall–Kier alpha value is -1.84. The highest BCUT2D eigenvalue weighted by Crippen LogP contribution is 2.29. The first-order chi connectivity index (χ1) is 10.3. The highest BCUT2D eigenvalue weighted by atomic mass is 16.5. The second-order valence-corrected chi connectivity index (χ2v) is 6.48. The maximum Gasteiger partial charge on any atom is 0.303 e. The van der Waals surface area contributed by atoms with Crippen molar-refractivity contribution in [2.75, 3.05) is 6.61 Å². The van der Waals surface area contributed by atoms with Gasteiger partial charge in [0.05, 0.1) is 12.2 Å². The summed E-state index contributed by atoms with van der Waals surface area (Å²) in [5.74, 6) is -0.340. The average molecular weight is 306 g/mol. The lowest BCUT2D eigenvalue weighted by Gasteiger charge is -2.21. The number of benzene rings is 1. The number of ether oxygens (including phenoxy) is 1. The van der Waals surface area contributed by atoms with Crippen LogP contribution >= 0.6 is 0 Å². The van der Waals surface area contributed by atoms with Crippen LogP contribution in [0, 0.1) is 0 Å². The zero-order valence-corrected chi connectivity index (χ0v) is 13.9. The van der Waals surface area contributed by atoms with Gasteiger partial charge in [-0.25, -0.2) is 0 Å². The summed E-state index contributed by atoms with van der Waals surface area (Å²) < 4.78 is 5.67. The van der Waals surface area contributed by atoms with E-state index in [1.54, 1.807) is 0 Å². The number of carbonyl (C=O) groups is 2.